The maximum absolute atomic E-state index is 5.88. The van der Waals surface area contributed by atoms with E-state index >= 15 is 0 Å². The fraction of sp³-hybridized carbons (Fsp3) is 0.429. The van der Waals surface area contributed by atoms with Gasteiger partial charge in [-0.2, -0.15) is 0 Å². The molecule has 4 nitrogen and oxygen atoms in total. The highest BCUT2D eigenvalue weighted by atomic mass is 16.5. The molecular formula is C21H27N3O. The van der Waals surface area contributed by atoms with Gasteiger partial charge in [0, 0.05) is 51.9 Å². The molecule has 0 radical (unpaired) electrons. The summed E-state index contributed by atoms with van der Waals surface area (Å²) >= 11 is 0. The first-order valence-corrected chi connectivity index (χ1v) is 9.23. The minimum absolute atomic E-state index is 0.688. The summed E-state index contributed by atoms with van der Waals surface area (Å²) in [5.41, 5.74) is 1.36. The molecule has 1 unspecified atom stereocenters. The van der Waals surface area contributed by atoms with Crippen molar-refractivity contribution in [2.75, 3.05) is 46.3 Å². The number of fused-ring (bicyclic) bond motifs is 1. The van der Waals surface area contributed by atoms with Crippen LogP contribution in [0.3, 0.4) is 0 Å². The molecular weight excluding hydrogens is 310 g/mol. The van der Waals surface area contributed by atoms with E-state index in [1.807, 2.05) is 30.3 Å². The summed E-state index contributed by atoms with van der Waals surface area (Å²) in [6.07, 6.45) is 0. The lowest BCUT2D eigenvalue weighted by Gasteiger charge is -2.46. The topological polar surface area (TPSA) is 19.0 Å². The molecule has 132 valence electrons. The predicted octanol–water partition coefficient (Wildman–Crippen LogP) is 2.91. The van der Waals surface area contributed by atoms with Crippen LogP contribution in [0.5, 0.6) is 11.5 Å². The Morgan fingerprint density at radius 1 is 0.840 bits per heavy atom. The van der Waals surface area contributed by atoms with E-state index < -0.39 is 0 Å². The standard InChI is InChI=1S/C21H27N3O/c1-22-11-13-24-14-12-23(17-19(24)16-22)15-18-7-9-21(10-8-18)25-20-5-3-2-4-6-20/h2-10,19H,11-17H2,1H3. The molecule has 0 aliphatic carbocycles. The number of benzene rings is 2. The molecule has 25 heavy (non-hydrogen) atoms. The number of piperazine rings is 2. The van der Waals surface area contributed by atoms with Crippen LogP contribution in [-0.4, -0.2) is 67.1 Å². The van der Waals surface area contributed by atoms with E-state index in [0.29, 0.717) is 6.04 Å². The number of hydrogen-bond acceptors (Lipinski definition) is 4. The van der Waals surface area contributed by atoms with Gasteiger partial charge >= 0.3 is 0 Å². The van der Waals surface area contributed by atoms with E-state index in [1.54, 1.807) is 0 Å². The van der Waals surface area contributed by atoms with Gasteiger partial charge in [-0.25, -0.2) is 0 Å². The van der Waals surface area contributed by atoms with Crippen molar-refractivity contribution in [3.8, 4) is 11.5 Å². The first-order chi connectivity index (χ1) is 12.3. The number of para-hydroxylation sites is 1. The van der Waals surface area contributed by atoms with Crippen molar-refractivity contribution >= 4 is 0 Å². The zero-order valence-corrected chi connectivity index (χ0v) is 15.0. The van der Waals surface area contributed by atoms with Crippen LogP contribution < -0.4 is 4.74 Å². The Bertz CT molecular complexity index is 673. The Labute approximate surface area is 150 Å². The van der Waals surface area contributed by atoms with E-state index in [0.717, 1.165) is 18.0 Å². The van der Waals surface area contributed by atoms with E-state index in [1.165, 1.54) is 44.8 Å². The quantitative estimate of drug-likeness (QED) is 0.854. The number of ether oxygens (including phenoxy) is 1. The SMILES string of the molecule is CN1CCN2CCN(Cc3ccc(Oc4ccccc4)cc3)CC2C1. The largest absolute Gasteiger partial charge is 0.457 e. The van der Waals surface area contributed by atoms with E-state index in [2.05, 4.69) is 46.0 Å². The molecule has 4 heteroatoms. The molecule has 0 N–H and O–H groups in total. The number of rotatable bonds is 4. The van der Waals surface area contributed by atoms with Gasteiger partial charge in [0.15, 0.2) is 0 Å². The molecule has 2 aromatic rings. The van der Waals surface area contributed by atoms with E-state index in [-0.39, 0.29) is 0 Å². The second-order valence-corrected chi connectivity index (χ2v) is 7.25. The van der Waals surface area contributed by atoms with Gasteiger partial charge in [-0.1, -0.05) is 30.3 Å². The summed E-state index contributed by atoms with van der Waals surface area (Å²) in [6, 6.07) is 19.2. The van der Waals surface area contributed by atoms with Crippen LogP contribution in [-0.2, 0) is 6.54 Å². The van der Waals surface area contributed by atoms with Crippen molar-refractivity contribution in [3.63, 3.8) is 0 Å². The Morgan fingerprint density at radius 2 is 1.56 bits per heavy atom. The van der Waals surface area contributed by atoms with Crippen molar-refractivity contribution in [1.82, 2.24) is 14.7 Å². The third-order valence-corrected chi connectivity index (χ3v) is 5.29. The molecule has 2 saturated heterocycles. The van der Waals surface area contributed by atoms with Gasteiger partial charge in [0.05, 0.1) is 0 Å². The molecule has 2 aliphatic heterocycles. The zero-order chi connectivity index (χ0) is 17.1. The lowest BCUT2D eigenvalue weighted by atomic mass is 10.1. The molecule has 2 aromatic carbocycles. The van der Waals surface area contributed by atoms with E-state index in [9.17, 15) is 0 Å². The average molecular weight is 337 g/mol. The van der Waals surface area contributed by atoms with Crippen LogP contribution in [0.1, 0.15) is 5.56 Å². The molecule has 0 amide bonds. The molecule has 0 spiro atoms. The van der Waals surface area contributed by atoms with Gasteiger partial charge in [-0.15, -0.1) is 0 Å². The van der Waals surface area contributed by atoms with Crippen molar-refractivity contribution < 1.29 is 4.74 Å². The van der Waals surface area contributed by atoms with Crippen molar-refractivity contribution in [1.29, 1.82) is 0 Å². The lowest BCUT2D eigenvalue weighted by molar-refractivity contribution is 0.0175. The normalized spacial score (nSPS) is 22.5. The highest BCUT2D eigenvalue weighted by Crippen LogP contribution is 2.22. The van der Waals surface area contributed by atoms with Crippen molar-refractivity contribution in [3.05, 3.63) is 60.2 Å². The fourth-order valence-corrected chi connectivity index (χ4v) is 3.86. The Kier molecular flexibility index (Phi) is 5.02. The summed E-state index contributed by atoms with van der Waals surface area (Å²) in [5.74, 6) is 1.78. The molecule has 0 saturated carbocycles. The third kappa shape index (κ3) is 4.21. The lowest BCUT2D eigenvalue weighted by Crippen LogP contribution is -2.60. The van der Waals surface area contributed by atoms with Crippen LogP contribution in [0.2, 0.25) is 0 Å². The summed E-state index contributed by atoms with van der Waals surface area (Å²) < 4.78 is 5.88. The minimum atomic E-state index is 0.688. The van der Waals surface area contributed by atoms with Crippen LogP contribution in [0.25, 0.3) is 0 Å². The highest BCUT2D eigenvalue weighted by Gasteiger charge is 2.30. The summed E-state index contributed by atoms with van der Waals surface area (Å²) in [7, 11) is 2.24. The second-order valence-electron chi connectivity index (χ2n) is 7.25. The molecule has 2 aliphatic rings. The summed E-state index contributed by atoms with van der Waals surface area (Å²) in [6.45, 7) is 8.20. The predicted molar refractivity (Wildman–Crippen MR) is 101 cm³/mol. The zero-order valence-electron chi connectivity index (χ0n) is 15.0. The Morgan fingerprint density at radius 3 is 2.36 bits per heavy atom. The highest BCUT2D eigenvalue weighted by molar-refractivity contribution is 5.32. The maximum atomic E-state index is 5.88. The summed E-state index contributed by atoms with van der Waals surface area (Å²) in [4.78, 5) is 7.71. The van der Waals surface area contributed by atoms with E-state index in [4.69, 9.17) is 4.74 Å². The van der Waals surface area contributed by atoms with Crippen LogP contribution in [0, 0.1) is 0 Å². The summed E-state index contributed by atoms with van der Waals surface area (Å²) in [5, 5.41) is 0. The van der Waals surface area contributed by atoms with Crippen LogP contribution in [0.4, 0.5) is 0 Å². The molecule has 2 fully saturated rings. The molecule has 2 heterocycles. The first-order valence-electron chi connectivity index (χ1n) is 9.23. The van der Waals surface area contributed by atoms with Gasteiger partial charge < -0.3 is 9.64 Å². The third-order valence-electron chi connectivity index (χ3n) is 5.29. The molecule has 4 rings (SSSR count). The Hall–Kier alpha value is -1.88. The minimum Gasteiger partial charge on any atom is -0.457 e. The average Bonchev–Trinajstić information content (AvgIpc) is 2.64. The van der Waals surface area contributed by atoms with Crippen LogP contribution in [0.15, 0.2) is 54.6 Å². The smallest absolute Gasteiger partial charge is 0.127 e. The molecule has 0 aromatic heterocycles. The van der Waals surface area contributed by atoms with Crippen molar-refractivity contribution in [2.24, 2.45) is 0 Å². The number of likely N-dealkylation sites (N-methyl/N-ethyl adjacent to an activating group) is 1. The maximum Gasteiger partial charge on any atom is 0.127 e. The molecule has 1 atom stereocenters. The van der Waals surface area contributed by atoms with Gasteiger partial charge in [-0.05, 0) is 36.9 Å². The Balaban J connectivity index is 1.33. The van der Waals surface area contributed by atoms with Gasteiger partial charge in [-0.3, -0.25) is 9.80 Å². The number of nitrogens with zero attached hydrogens (tertiary/aromatic N) is 3. The fourth-order valence-electron chi connectivity index (χ4n) is 3.86. The second kappa shape index (κ2) is 7.56. The monoisotopic (exact) mass is 337 g/mol. The van der Waals surface area contributed by atoms with Crippen LogP contribution >= 0.6 is 0 Å². The van der Waals surface area contributed by atoms with Crippen molar-refractivity contribution in [2.45, 2.75) is 12.6 Å². The first kappa shape index (κ1) is 16.6. The van der Waals surface area contributed by atoms with Gasteiger partial charge in [0.2, 0.25) is 0 Å². The van der Waals surface area contributed by atoms with Gasteiger partial charge in [0.25, 0.3) is 0 Å². The number of hydrogen-bond donors (Lipinski definition) is 0. The molecule has 0 bridgehead atoms. The van der Waals surface area contributed by atoms with Gasteiger partial charge in [0.1, 0.15) is 11.5 Å².